The molecule has 0 aliphatic rings. The van der Waals surface area contributed by atoms with Gasteiger partial charge in [-0.15, -0.1) is 0 Å². The summed E-state index contributed by atoms with van der Waals surface area (Å²) in [5.74, 6) is 1.18. The summed E-state index contributed by atoms with van der Waals surface area (Å²) in [5, 5.41) is 1.13. The summed E-state index contributed by atoms with van der Waals surface area (Å²) in [4.78, 5) is 5.04. The van der Waals surface area contributed by atoms with Gasteiger partial charge in [-0.3, -0.25) is 4.99 Å². The number of benzene rings is 2. The molecule has 0 amide bonds. The summed E-state index contributed by atoms with van der Waals surface area (Å²) in [6.45, 7) is 30.4. The van der Waals surface area contributed by atoms with Gasteiger partial charge in [0.1, 0.15) is 17.5 Å². The van der Waals surface area contributed by atoms with Crippen LogP contribution in [-0.4, -0.2) is 16.4 Å². The molecule has 1 heterocycles. The summed E-state index contributed by atoms with van der Waals surface area (Å²) < 4.78 is 9.57. The predicted molar refractivity (Wildman–Crippen MR) is 193 cm³/mol. The molecule has 0 N–H and O–H groups in total. The third-order valence-electron chi connectivity index (χ3n) is 8.16. The van der Waals surface area contributed by atoms with Crippen molar-refractivity contribution in [2.75, 3.05) is 0 Å². The molecule has 0 aliphatic heterocycles. The first-order valence-corrected chi connectivity index (χ1v) is 16.8. The molecule has 44 heavy (non-hydrogen) atoms. The normalized spacial score (nSPS) is 14.9. The smallest absolute Gasteiger partial charge is 0.127 e. The van der Waals surface area contributed by atoms with Crippen LogP contribution in [0.1, 0.15) is 120 Å². The third kappa shape index (κ3) is 9.88. The second-order valence-corrected chi connectivity index (χ2v) is 17.6. The number of ether oxygens (including phenoxy) is 1. The molecule has 0 aliphatic carbocycles. The van der Waals surface area contributed by atoms with Crippen LogP contribution >= 0.6 is 23.2 Å². The molecule has 5 heteroatoms. The Morgan fingerprint density at radius 1 is 0.773 bits per heavy atom. The number of halogens is 2. The lowest BCUT2D eigenvalue weighted by Crippen LogP contribution is -2.32. The first-order valence-electron chi connectivity index (χ1n) is 16.0. The molecule has 1 aromatic heterocycles. The molecule has 0 spiro atoms. The number of hydrogen-bond donors (Lipinski definition) is 0. The molecule has 242 valence electrons. The summed E-state index contributed by atoms with van der Waals surface area (Å²) in [6, 6.07) is 14.5. The highest BCUT2D eigenvalue weighted by molar-refractivity contribution is 6.38. The molecular formula is C39H56Cl2N2O. The van der Waals surface area contributed by atoms with Gasteiger partial charge in [0, 0.05) is 35.2 Å². The predicted octanol–water partition coefficient (Wildman–Crippen LogP) is 12.4. The quantitative estimate of drug-likeness (QED) is 0.214. The van der Waals surface area contributed by atoms with Gasteiger partial charge in [-0.25, -0.2) is 0 Å². The zero-order valence-corrected chi connectivity index (χ0v) is 31.0. The lowest BCUT2D eigenvalue weighted by Gasteiger charge is -2.36. The molecule has 2 unspecified atom stereocenters. The van der Waals surface area contributed by atoms with Gasteiger partial charge in [-0.05, 0) is 71.3 Å². The fraction of sp³-hybridized carbons (Fsp3) is 0.564. The fourth-order valence-electron chi connectivity index (χ4n) is 5.68. The first-order chi connectivity index (χ1) is 20.1. The van der Waals surface area contributed by atoms with Crippen molar-refractivity contribution < 1.29 is 4.74 Å². The van der Waals surface area contributed by atoms with Gasteiger partial charge >= 0.3 is 0 Å². The molecule has 2 aromatic carbocycles. The van der Waals surface area contributed by atoms with Gasteiger partial charge in [0.2, 0.25) is 0 Å². The summed E-state index contributed by atoms with van der Waals surface area (Å²) >= 11 is 13.1. The average molecular weight is 640 g/mol. The Balaban J connectivity index is 2.19. The van der Waals surface area contributed by atoms with Crippen LogP contribution in [0.4, 0.5) is 5.69 Å². The molecule has 0 bridgehead atoms. The molecule has 0 saturated carbocycles. The Hall–Kier alpha value is -2.23. The molecule has 0 saturated heterocycles. The maximum Gasteiger partial charge on any atom is 0.127 e. The van der Waals surface area contributed by atoms with Crippen LogP contribution in [-0.2, 0) is 22.8 Å². The number of aromatic nitrogens is 1. The van der Waals surface area contributed by atoms with Crippen molar-refractivity contribution >= 4 is 34.6 Å². The van der Waals surface area contributed by atoms with Crippen LogP contribution < -0.4 is 4.74 Å². The minimum Gasteiger partial charge on any atom is -0.488 e. The number of rotatable bonds is 9. The van der Waals surface area contributed by atoms with E-state index in [2.05, 4.69) is 131 Å². The van der Waals surface area contributed by atoms with Crippen molar-refractivity contribution in [3.05, 3.63) is 81.6 Å². The number of nitrogens with zero attached hydrogens (tertiary/aromatic N) is 2. The zero-order chi connectivity index (χ0) is 33.3. The largest absolute Gasteiger partial charge is 0.488 e. The van der Waals surface area contributed by atoms with E-state index in [9.17, 15) is 0 Å². The Kier molecular flexibility index (Phi) is 11.2. The van der Waals surface area contributed by atoms with Crippen molar-refractivity contribution in [3.63, 3.8) is 0 Å². The lowest BCUT2D eigenvalue weighted by atomic mass is 9.74. The first kappa shape index (κ1) is 36.2. The van der Waals surface area contributed by atoms with Crippen molar-refractivity contribution in [2.24, 2.45) is 16.3 Å². The minimum absolute atomic E-state index is 0.0223. The molecular weight excluding hydrogens is 583 g/mol. The maximum absolute atomic E-state index is 7.34. The molecule has 3 aromatic rings. The Morgan fingerprint density at radius 3 is 1.70 bits per heavy atom. The zero-order valence-electron chi connectivity index (χ0n) is 29.5. The minimum atomic E-state index is -0.0996. The van der Waals surface area contributed by atoms with Crippen molar-refractivity contribution in [3.8, 4) is 5.75 Å². The molecule has 3 rings (SSSR count). The lowest BCUT2D eigenvalue weighted by molar-refractivity contribution is 0.143. The monoisotopic (exact) mass is 638 g/mol. The number of aliphatic imine (C=N–C) groups is 1. The van der Waals surface area contributed by atoms with Gasteiger partial charge in [0.15, 0.2) is 0 Å². The van der Waals surface area contributed by atoms with E-state index in [4.69, 9.17) is 32.9 Å². The van der Waals surface area contributed by atoms with Crippen LogP contribution in [0.5, 0.6) is 5.75 Å². The average Bonchev–Trinajstić information content (AvgIpc) is 3.36. The maximum atomic E-state index is 7.34. The van der Waals surface area contributed by atoms with Gasteiger partial charge in [-0.1, -0.05) is 124 Å². The van der Waals surface area contributed by atoms with Crippen LogP contribution in [0.15, 0.2) is 59.9 Å². The Morgan fingerprint density at radius 2 is 1.27 bits per heavy atom. The van der Waals surface area contributed by atoms with E-state index in [-0.39, 0.29) is 33.7 Å². The summed E-state index contributed by atoms with van der Waals surface area (Å²) in [7, 11) is 0. The second-order valence-electron chi connectivity index (χ2n) is 16.8. The highest BCUT2D eigenvalue weighted by atomic mass is 35.5. The van der Waals surface area contributed by atoms with E-state index in [1.807, 2.05) is 18.2 Å². The third-order valence-corrected chi connectivity index (χ3v) is 8.77. The molecule has 0 fully saturated rings. The van der Waals surface area contributed by atoms with E-state index in [1.165, 1.54) is 16.7 Å². The van der Waals surface area contributed by atoms with E-state index in [1.54, 1.807) is 0 Å². The molecule has 3 nitrogen and oxygen atoms in total. The fourth-order valence-corrected chi connectivity index (χ4v) is 6.16. The van der Waals surface area contributed by atoms with E-state index < -0.39 is 0 Å². The summed E-state index contributed by atoms with van der Waals surface area (Å²) in [6.07, 6.45) is 5.91. The van der Waals surface area contributed by atoms with Crippen LogP contribution in [0.3, 0.4) is 0 Å². The Labute approximate surface area is 278 Å². The number of hydrogen-bond acceptors (Lipinski definition) is 2. The second kappa shape index (κ2) is 13.6. The van der Waals surface area contributed by atoms with Crippen molar-refractivity contribution in [2.45, 2.75) is 132 Å². The van der Waals surface area contributed by atoms with E-state index >= 15 is 0 Å². The standard InChI is InChI=1S/C39H56Cl2N2O/c1-26(42-34-32(40)17-16-18-33(34)41)27(24-36(2,3)4)21-29(25-43-19-14-15-20-43)44-35-30(38(8,9)10)22-28(37(5,6)7)23-31(35)39(11,12)13/h14-20,22-23,27,29H,21,24-25H2,1-13H3/b42-26+. The highest BCUT2D eigenvalue weighted by Gasteiger charge is 2.33. The van der Waals surface area contributed by atoms with Crippen molar-refractivity contribution in [1.82, 2.24) is 4.57 Å². The van der Waals surface area contributed by atoms with Gasteiger partial charge in [-0.2, -0.15) is 0 Å². The van der Waals surface area contributed by atoms with E-state index in [0.29, 0.717) is 15.7 Å². The summed E-state index contributed by atoms with van der Waals surface area (Å²) in [5.41, 5.74) is 5.42. The van der Waals surface area contributed by atoms with Crippen LogP contribution in [0.25, 0.3) is 0 Å². The highest BCUT2D eigenvalue weighted by Crippen LogP contribution is 2.44. The number of para-hydroxylation sites is 1. The topological polar surface area (TPSA) is 26.5 Å². The van der Waals surface area contributed by atoms with Gasteiger partial charge in [0.25, 0.3) is 0 Å². The van der Waals surface area contributed by atoms with Gasteiger partial charge in [0.05, 0.1) is 16.6 Å². The molecule has 0 radical (unpaired) electrons. The SMILES string of the molecule is C/C(=N\c1c(Cl)cccc1Cl)C(CC(Cn1cccc1)Oc1c(C(C)(C)C)cc(C(C)(C)C)cc1C(C)(C)C)CC(C)(C)C. The van der Waals surface area contributed by atoms with Crippen molar-refractivity contribution in [1.29, 1.82) is 0 Å². The van der Waals surface area contributed by atoms with Crippen LogP contribution in [0, 0.1) is 11.3 Å². The van der Waals surface area contributed by atoms with E-state index in [0.717, 1.165) is 30.8 Å². The van der Waals surface area contributed by atoms with Gasteiger partial charge < -0.3 is 9.30 Å². The van der Waals surface area contributed by atoms with Crippen LogP contribution in [0.2, 0.25) is 10.0 Å². The molecule has 2 atom stereocenters. The Bertz CT molecular complexity index is 1370.